The van der Waals surface area contributed by atoms with Crippen molar-refractivity contribution in [1.82, 2.24) is 0 Å². The largest absolute Gasteiger partial charge is 0.370 e. The van der Waals surface area contributed by atoms with E-state index in [1.807, 2.05) is 24.3 Å². The van der Waals surface area contributed by atoms with Gasteiger partial charge in [-0.15, -0.1) is 0 Å². The van der Waals surface area contributed by atoms with E-state index in [9.17, 15) is 5.26 Å². The zero-order valence-corrected chi connectivity index (χ0v) is 14.9. The molecule has 0 N–H and O–H groups in total. The van der Waals surface area contributed by atoms with Gasteiger partial charge in [-0.3, -0.25) is 0 Å². The van der Waals surface area contributed by atoms with Crippen molar-refractivity contribution in [2.24, 2.45) is 5.92 Å². The Balaban J connectivity index is 1.74. The molecule has 0 amide bonds. The molecule has 0 aromatic heterocycles. The Morgan fingerprint density at radius 1 is 1.41 bits per heavy atom. The molecular weight excluding hydrogens is 342 g/mol. The van der Waals surface area contributed by atoms with Crippen molar-refractivity contribution >= 4 is 15.9 Å². The molecule has 4 atom stereocenters. The van der Waals surface area contributed by atoms with Gasteiger partial charge < -0.3 is 9.47 Å². The van der Waals surface area contributed by atoms with Crippen LogP contribution in [0.25, 0.3) is 0 Å². The van der Waals surface area contributed by atoms with Gasteiger partial charge in [0, 0.05) is 11.2 Å². The maximum Gasteiger partial charge on any atom is 0.0995 e. The van der Waals surface area contributed by atoms with Crippen LogP contribution in [0.1, 0.15) is 44.7 Å². The van der Waals surface area contributed by atoms with E-state index < -0.39 is 0 Å². The van der Waals surface area contributed by atoms with Crippen LogP contribution in [-0.4, -0.2) is 22.1 Å². The molecule has 2 saturated heterocycles. The molecule has 118 valence electrons. The summed E-state index contributed by atoms with van der Waals surface area (Å²) in [6.45, 7) is 7.05. The summed E-state index contributed by atoms with van der Waals surface area (Å²) < 4.78 is 12.6. The quantitative estimate of drug-likeness (QED) is 0.753. The van der Waals surface area contributed by atoms with Crippen molar-refractivity contribution < 1.29 is 9.47 Å². The fourth-order valence-electron chi connectivity index (χ4n) is 3.84. The lowest BCUT2D eigenvalue weighted by atomic mass is 9.75. The lowest BCUT2D eigenvalue weighted by Crippen LogP contribution is -2.44. The molecular formula is C18H22BrNO2. The Morgan fingerprint density at radius 3 is 2.77 bits per heavy atom. The number of rotatable bonds is 4. The highest BCUT2D eigenvalue weighted by atomic mass is 79.9. The lowest BCUT2D eigenvalue weighted by Gasteiger charge is -2.35. The SMILES string of the molecule is CC(C)C12CC(OCc3ccccc3C#N)C(C)(CC1Br)O2. The van der Waals surface area contributed by atoms with Gasteiger partial charge in [0.1, 0.15) is 0 Å². The highest BCUT2D eigenvalue weighted by Crippen LogP contribution is 2.57. The minimum Gasteiger partial charge on any atom is -0.370 e. The second kappa shape index (κ2) is 5.63. The number of ether oxygens (including phenoxy) is 2. The topological polar surface area (TPSA) is 42.2 Å². The third kappa shape index (κ3) is 2.40. The molecule has 2 bridgehead atoms. The molecule has 3 rings (SSSR count). The zero-order valence-electron chi connectivity index (χ0n) is 13.3. The molecule has 2 heterocycles. The highest BCUT2D eigenvalue weighted by molar-refractivity contribution is 9.09. The fourth-order valence-corrected chi connectivity index (χ4v) is 5.29. The molecule has 2 fully saturated rings. The van der Waals surface area contributed by atoms with E-state index >= 15 is 0 Å². The fraction of sp³-hybridized carbons (Fsp3) is 0.611. The number of benzene rings is 1. The van der Waals surface area contributed by atoms with Gasteiger partial charge in [0.25, 0.3) is 0 Å². The van der Waals surface area contributed by atoms with Crippen molar-refractivity contribution in [3.8, 4) is 6.07 Å². The average molecular weight is 364 g/mol. The number of hydrogen-bond acceptors (Lipinski definition) is 3. The standard InChI is InChI=1S/C18H22BrNO2/c1-12(2)18-9-16(17(3,22-18)8-15(18)19)21-11-14-7-5-4-6-13(14)10-20/h4-7,12,15-16H,8-9,11H2,1-3H3. The van der Waals surface area contributed by atoms with Crippen molar-refractivity contribution in [3.05, 3.63) is 35.4 Å². The Labute approximate surface area is 140 Å². The number of alkyl halides is 1. The van der Waals surface area contributed by atoms with E-state index in [-0.39, 0.29) is 17.3 Å². The van der Waals surface area contributed by atoms with E-state index in [1.165, 1.54) is 0 Å². The van der Waals surface area contributed by atoms with Gasteiger partial charge in [0.05, 0.1) is 35.5 Å². The lowest BCUT2D eigenvalue weighted by molar-refractivity contribution is -0.0955. The van der Waals surface area contributed by atoms with Crippen LogP contribution in [0, 0.1) is 17.2 Å². The van der Waals surface area contributed by atoms with Crippen LogP contribution in [0.5, 0.6) is 0 Å². The average Bonchev–Trinajstić information content (AvgIpc) is 2.93. The molecule has 2 aliphatic rings. The van der Waals surface area contributed by atoms with Crippen molar-refractivity contribution in [3.63, 3.8) is 0 Å². The van der Waals surface area contributed by atoms with E-state index in [4.69, 9.17) is 9.47 Å². The van der Waals surface area contributed by atoms with Crippen LogP contribution >= 0.6 is 15.9 Å². The molecule has 0 spiro atoms. The summed E-state index contributed by atoms with van der Waals surface area (Å²) in [6.07, 6.45) is 1.96. The normalized spacial score (nSPS) is 36.7. The van der Waals surface area contributed by atoms with Gasteiger partial charge in [-0.25, -0.2) is 0 Å². The third-order valence-corrected chi connectivity index (χ3v) is 6.38. The van der Waals surface area contributed by atoms with Crippen LogP contribution in [0.15, 0.2) is 24.3 Å². The Kier molecular flexibility index (Phi) is 4.09. The number of hydrogen-bond donors (Lipinski definition) is 0. The van der Waals surface area contributed by atoms with Crippen LogP contribution in [0.2, 0.25) is 0 Å². The first-order valence-electron chi connectivity index (χ1n) is 7.85. The van der Waals surface area contributed by atoms with Crippen molar-refractivity contribution in [2.75, 3.05) is 0 Å². The molecule has 1 aromatic carbocycles. The van der Waals surface area contributed by atoms with Crippen molar-refractivity contribution in [1.29, 1.82) is 5.26 Å². The Bertz CT molecular complexity index is 611. The van der Waals surface area contributed by atoms with Crippen molar-refractivity contribution in [2.45, 2.75) is 62.4 Å². The van der Waals surface area contributed by atoms with Gasteiger partial charge >= 0.3 is 0 Å². The predicted octanol–water partition coefficient (Wildman–Crippen LogP) is 4.18. The summed E-state index contributed by atoms with van der Waals surface area (Å²) in [5.41, 5.74) is 1.27. The first-order valence-corrected chi connectivity index (χ1v) is 8.77. The minimum absolute atomic E-state index is 0.0791. The molecule has 0 saturated carbocycles. The molecule has 2 aliphatic heterocycles. The first-order chi connectivity index (χ1) is 10.4. The van der Waals surface area contributed by atoms with E-state index in [2.05, 4.69) is 42.8 Å². The van der Waals surface area contributed by atoms with Crippen LogP contribution < -0.4 is 0 Å². The summed E-state index contributed by atoms with van der Waals surface area (Å²) in [7, 11) is 0. The summed E-state index contributed by atoms with van der Waals surface area (Å²) in [6, 6.07) is 9.85. The first kappa shape index (κ1) is 16.0. The van der Waals surface area contributed by atoms with E-state index in [0.717, 1.165) is 18.4 Å². The third-order valence-electron chi connectivity index (χ3n) is 5.28. The number of fused-ring (bicyclic) bond motifs is 2. The maximum absolute atomic E-state index is 9.18. The number of nitriles is 1. The minimum atomic E-state index is -0.236. The molecule has 1 aromatic rings. The Hall–Kier alpha value is -0.890. The molecule has 3 nitrogen and oxygen atoms in total. The predicted molar refractivity (Wildman–Crippen MR) is 88.7 cm³/mol. The van der Waals surface area contributed by atoms with E-state index in [1.54, 1.807) is 0 Å². The summed E-state index contributed by atoms with van der Waals surface area (Å²) in [5, 5.41) is 9.18. The highest BCUT2D eigenvalue weighted by Gasteiger charge is 2.65. The number of halogens is 1. The molecule has 0 aliphatic carbocycles. The van der Waals surface area contributed by atoms with Gasteiger partial charge in [-0.2, -0.15) is 5.26 Å². The molecule has 4 unspecified atom stereocenters. The monoisotopic (exact) mass is 363 g/mol. The molecule has 0 radical (unpaired) electrons. The second-order valence-electron chi connectivity index (χ2n) is 6.97. The second-order valence-corrected chi connectivity index (χ2v) is 8.07. The van der Waals surface area contributed by atoms with Crippen LogP contribution in [0.4, 0.5) is 0 Å². The number of nitrogens with zero attached hydrogens (tertiary/aromatic N) is 1. The van der Waals surface area contributed by atoms with Gasteiger partial charge in [0.15, 0.2) is 0 Å². The summed E-state index contributed by atoms with van der Waals surface area (Å²) in [5.74, 6) is 0.443. The maximum atomic E-state index is 9.18. The van der Waals surface area contributed by atoms with Gasteiger partial charge in [0.2, 0.25) is 0 Å². The molecule has 4 heteroatoms. The molecule has 22 heavy (non-hydrogen) atoms. The zero-order chi connectivity index (χ0) is 16.0. The smallest absolute Gasteiger partial charge is 0.0995 e. The Morgan fingerprint density at radius 2 is 2.14 bits per heavy atom. The summed E-state index contributed by atoms with van der Waals surface area (Å²) in [4.78, 5) is 0.385. The van der Waals surface area contributed by atoms with Crippen LogP contribution in [0.3, 0.4) is 0 Å². The van der Waals surface area contributed by atoms with Gasteiger partial charge in [-0.05, 0) is 30.9 Å². The summed E-state index contributed by atoms with van der Waals surface area (Å²) >= 11 is 3.81. The van der Waals surface area contributed by atoms with Crippen LogP contribution in [-0.2, 0) is 16.1 Å². The van der Waals surface area contributed by atoms with E-state index in [0.29, 0.717) is 22.9 Å². The van der Waals surface area contributed by atoms with Gasteiger partial charge in [-0.1, -0.05) is 48.0 Å².